The fourth-order valence-electron chi connectivity index (χ4n) is 1.21. The van der Waals surface area contributed by atoms with Gasteiger partial charge in [0.05, 0.1) is 22.1 Å². The van der Waals surface area contributed by atoms with Gasteiger partial charge in [0.25, 0.3) is 0 Å². The topological polar surface area (TPSA) is 77.8 Å². The Morgan fingerprint density at radius 3 is 2.53 bits per heavy atom. The second-order valence-corrected chi connectivity index (χ2v) is 3.46. The molecule has 0 radical (unpaired) electrons. The highest BCUT2D eigenvalue weighted by molar-refractivity contribution is 6.30. The lowest BCUT2D eigenvalue weighted by Gasteiger charge is -2.05. The van der Waals surface area contributed by atoms with E-state index in [1.165, 1.54) is 0 Å². The van der Waals surface area contributed by atoms with E-state index in [9.17, 15) is 0 Å². The number of nitrogens with two attached hydrogens (primary N) is 2. The predicted octanol–water partition coefficient (Wildman–Crippen LogP) is 1.96. The van der Waals surface area contributed by atoms with E-state index in [0.29, 0.717) is 27.8 Å². The fourth-order valence-corrected chi connectivity index (χ4v) is 1.32. The van der Waals surface area contributed by atoms with Gasteiger partial charge in [-0.15, -0.1) is 0 Å². The van der Waals surface area contributed by atoms with Crippen molar-refractivity contribution in [3.63, 3.8) is 0 Å². The zero-order chi connectivity index (χ0) is 10.8. The van der Waals surface area contributed by atoms with Crippen molar-refractivity contribution in [1.82, 2.24) is 9.97 Å². The van der Waals surface area contributed by atoms with Crippen LogP contribution >= 0.6 is 11.6 Å². The highest BCUT2D eigenvalue weighted by Gasteiger charge is 2.07. The molecule has 0 atom stereocenters. The van der Waals surface area contributed by atoms with Crippen molar-refractivity contribution in [2.24, 2.45) is 0 Å². The number of halogens is 1. The molecule has 0 saturated heterocycles. The summed E-state index contributed by atoms with van der Waals surface area (Å²) in [6.07, 6.45) is 3.14. The minimum absolute atomic E-state index is 0.437. The first-order valence-electron chi connectivity index (χ1n) is 4.30. The monoisotopic (exact) mass is 220 g/mol. The van der Waals surface area contributed by atoms with E-state index in [4.69, 9.17) is 23.1 Å². The molecule has 5 heteroatoms. The molecule has 2 rings (SSSR count). The molecule has 4 N–H and O–H groups in total. The lowest BCUT2D eigenvalue weighted by Crippen LogP contribution is -1.99. The van der Waals surface area contributed by atoms with Crippen LogP contribution in [0.4, 0.5) is 11.4 Å². The van der Waals surface area contributed by atoms with E-state index in [2.05, 4.69) is 9.97 Å². The molecule has 0 saturated carbocycles. The lowest BCUT2D eigenvalue weighted by atomic mass is 10.2. The average molecular weight is 221 g/mol. The van der Waals surface area contributed by atoms with Gasteiger partial charge < -0.3 is 11.5 Å². The smallest absolute Gasteiger partial charge is 0.114 e. The Morgan fingerprint density at radius 2 is 1.87 bits per heavy atom. The minimum Gasteiger partial charge on any atom is -0.397 e. The summed E-state index contributed by atoms with van der Waals surface area (Å²) in [4.78, 5) is 8.25. The van der Waals surface area contributed by atoms with Crippen LogP contribution in [-0.4, -0.2) is 9.97 Å². The van der Waals surface area contributed by atoms with Crippen molar-refractivity contribution >= 4 is 23.0 Å². The summed E-state index contributed by atoms with van der Waals surface area (Å²) < 4.78 is 0. The fraction of sp³-hybridized carbons (Fsp3) is 0. The summed E-state index contributed by atoms with van der Waals surface area (Å²) in [5.41, 5.74) is 13.6. The highest BCUT2D eigenvalue weighted by Crippen LogP contribution is 2.26. The Hall–Kier alpha value is -1.81. The Kier molecular flexibility index (Phi) is 2.43. The zero-order valence-electron chi connectivity index (χ0n) is 7.81. The van der Waals surface area contributed by atoms with Gasteiger partial charge in [0.1, 0.15) is 5.69 Å². The molecule has 0 aliphatic carbocycles. The van der Waals surface area contributed by atoms with Crippen LogP contribution in [0.3, 0.4) is 0 Å². The Balaban J connectivity index is 2.54. The van der Waals surface area contributed by atoms with Crippen molar-refractivity contribution in [2.75, 3.05) is 11.5 Å². The van der Waals surface area contributed by atoms with E-state index < -0.39 is 0 Å². The number of hydrogen-bond donors (Lipinski definition) is 2. The normalized spacial score (nSPS) is 10.2. The SMILES string of the molecule is Nc1ccnc(-c2ccc(Cl)cn2)c1N. The lowest BCUT2D eigenvalue weighted by molar-refractivity contribution is 1.25. The second-order valence-electron chi connectivity index (χ2n) is 3.02. The molecule has 2 heterocycles. The summed E-state index contributed by atoms with van der Waals surface area (Å²) in [5.74, 6) is 0. The highest BCUT2D eigenvalue weighted by atomic mass is 35.5. The maximum atomic E-state index is 5.79. The van der Waals surface area contributed by atoms with Crippen molar-refractivity contribution in [3.05, 3.63) is 35.6 Å². The van der Waals surface area contributed by atoms with Crippen molar-refractivity contribution in [1.29, 1.82) is 0 Å². The van der Waals surface area contributed by atoms with E-state index in [-0.39, 0.29) is 0 Å². The third kappa shape index (κ3) is 1.85. The molecule has 0 spiro atoms. The van der Waals surface area contributed by atoms with Crippen molar-refractivity contribution < 1.29 is 0 Å². The molecule has 4 nitrogen and oxygen atoms in total. The molecule has 0 aromatic carbocycles. The Labute approximate surface area is 91.9 Å². The number of aromatic nitrogens is 2. The molecular weight excluding hydrogens is 212 g/mol. The molecule has 0 bridgehead atoms. The van der Waals surface area contributed by atoms with Crippen LogP contribution in [0.1, 0.15) is 0 Å². The largest absolute Gasteiger partial charge is 0.397 e. The first-order chi connectivity index (χ1) is 7.18. The summed E-state index contributed by atoms with van der Waals surface area (Å²) in [7, 11) is 0. The van der Waals surface area contributed by atoms with E-state index in [0.717, 1.165) is 0 Å². The quantitative estimate of drug-likeness (QED) is 0.770. The summed E-state index contributed by atoms with van der Waals surface area (Å²) in [6, 6.07) is 5.13. The predicted molar refractivity (Wildman–Crippen MR) is 61.3 cm³/mol. The summed E-state index contributed by atoms with van der Waals surface area (Å²) >= 11 is 5.73. The average Bonchev–Trinajstić information content (AvgIpc) is 2.24. The van der Waals surface area contributed by atoms with Gasteiger partial charge in [-0.25, -0.2) is 0 Å². The van der Waals surface area contributed by atoms with Crippen LogP contribution in [0.15, 0.2) is 30.6 Å². The van der Waals surface area contributed by atoms with E-state index in [1.807, 2.05) is 0 Å². The van der Waals surface area contributed by atoms with Crippen molar-refractivity contribution in [3.8, 4) is 11.4 Å². The Morgan fingerprint density at radius 1 is 1.07 bits per heavy atom. The number of hydrogen-bond acceptors (Lipinski definition) is 4. The molecule has 0 aliphatic heterocycles. The van der Waals surface area contributed by atoms with Gasteiger partial charge in [-0.2, -0.15) is 0 Å². The number of nitrogens with zero attached hydrogens (tertiary/aromatic N) is 2. The van der Waals surface area contributed by atoms with Crippen molar-refractivity contribution in [2.45, 2.75) is 0 Å². The van der Waals surface area contributed by atoms with Crippen LogP contribution in [0, 0.1) is 0 Å². The minimum atomic E-state index is 0.437. The molecule has 0 aliphatic rings. The molecule has 0 amide bonds. The van der Waals surface area contributed by atoms with Gasteiger partial charge in [0.15, 0.2) is 0 Å². The second kappa shape index (κ2) is 3.74. The van der Waals surface area contributed by atoms with Gasteiger partial charge in [-0.1, -0.05) is 11.6 Å². The number of anilines is 2. The molecule has 0 fully saturated rings. The first kappa shape index (κ1) is 9.73. The molecule has 76 valence electrons. The molecule has 0 unspecified atom stereocenters. The van der Waals surface area contributed by atoms with Gasteiger partial charge >= 0.3 is 0 Å². The molecule has 2 aromatic rings. The first-order valence-corrected chi connectivity index (χ1v) is 4.68. The van der Waals surface area contributed by atoms with E-state index >= 15 is 0 Å². The van der Waals surface area contributed by atoms with Gasteiger partial charge in [-0.05, 0) is 18.2 Å². The zero-order valence-corrected chi connectivity index (χ0v) is 8.57. The maximum absolute atomic E-state index is 5.79. The number of rotatable bonds is 1. The number of nitrogen functional groups attached to an aromatic ring is 2. The summed E-state index contributed by atoms with van der Waals surface area (Å²) in [6.45, 7) is 0. The van der Waals surface area contributed by atoms with Crippen LogP contribution < -0.4 is 11.5 Å². The molecule has 2 aromatic heterocycles. The van der Waals surface area contributed by atoms with Gasteiger partial charge in [0.2, 0.25) is 0 Å². The van der Waals surface area contributed by atoms with Crippen LogP contribution in [0.2, 0.25) is 5.02 Å². The van der Waals surface area contributed by atoms with Gasteiger partial charge in [0, 0.05) is 12.4 Å². The van der Waals surface area contributed by atoms with E-state index in [1.54, 1.807) is 30.6 Å². The molecule has 15 heavy (non-hydrogen) atoms. The third-order valence-electron chi connectivity index (χ3n) is 1.99. The van der Waals surface area contributed by atoms with Crippen LogP contribution in [-0.2, 0) is 0 Å². The van der Waals surface area contributed by atoms with Crippen LogP contribution in [0.5, 0.6) is 0 Å². The number of pyridine rings is 2. The summed E-state index contributed by atoms with van der Waals surface area (Å²) in [5, 5.41) is 0.571. The van der Waals surface area contributed by atoms with Crippen LogP contribution in [0.25, 0.3) is 11.4 Å². The van der Waals surface area contributed by atoms with Gasteiger partial charge in [-0.3, -0.25) is 9.97 Å². The maximum Gasteiger partial charge on any atom is 0.114 e. The molecular formula is C10H9ClN4. The Bertz CT molecular complexity index is 481. The third-order valence-corrected chi connectivity index (χ3v) is 2.22. The standard InChI is InChI=1S/C10H9ClN4/c11-6-1-2-8(15-5-6)10-9(13)7(12)3-4-14-10/h1-5H,13H2,(H2,12,14).